The highest BCUT2D eigenvalue weighted by atomic mass is 28.4. The Bertz CT molecular complexity index is 692. The van der Waals surface area contributed by atoms with Crippen molar-refractivity contribution in [3.63, 3.8) is 0 Å². The Morgan fingerprint density at radius 1 is 0.484 bits per heavy atom. The van der Waals surface area contributed by atoms with Crippen molar-refractivity contribution >= 4 is 40.4 Å². The van der Waals surface area contributed by atoms with Gasteiger partial charge in [-0.2, -0.15) is 0 Å². The van der Waals surface area contributed by atoms with Gasteiger partial charge in [0.1, 0.15) is 0 Å². The zero-order chi connectivity index (χ0) is 24.2. The van der Waals surface area contributed by atoms with E-state index < -0.39 is 40.4 Å². The highest BCUT2D eigenvalue weighted by molar-refractivity contribution is 6.98. The molecule has 176 valence electrons. The molecule has 0 aromatic carbocycles. The van der Waals surface area contributed by atoms with Gasteiger partial charge in [-0.05, 0) is 21.4 Å². The molecular weight excluding hydrogens is 453 g/mol. The molecule has 0 amide bonds. The fourth-order valence-corrected chi connectivity index (χ4v) is 35.6. The van der Waals surface area contributed by atoms with E-state index in [-0.39, 0.29) is 0 Å². The molecule has 31 heavy (non-hydrogen) atoms. The van der Waals surface area contributed by atoms with E-state index in [9.17, 15) is 0 Å². The van der Waals surface area contributed by atoms with Crippen molar-refractivity contribution in [2.24, 2.45) is 0 Å². The number of hydrogen-bond donors (Lipinski definition) is 0. The minimum atomic E-state index is -1.51. The van der Waals surface area contributed by atoms with Crippen LogP contribution in [-0.2, 0) is 0 Å². The first-order chi connectivity index (χ1) is 13.7. The van der Waals surface area contributed by atoms with Gasteiger partial charge < -0.3 is 0 Å². The minimum Gasteiger partial charge on any atom is -0.0800 e. The molecule has 0 radical (unpaired) electrons. The van der Waals surface area contributed by atoms with Gasteiger partial charge >= 0.3 is 0 Å². The molecule has 2 atom stereocenters. The van der Waals surface area contributed by atoms with Crippen LogP contribution in [0.3, 0.4) is 0 Å². The molecule has 5 heteroatoms. The molecule has 0 aromatic heterocycles. The van der Waals surface area contributed by atoms with Crippen LogP contribution >= 0.6 is 0 Å². The Kier molecular flexibility index (Phi) is 7.64. The maximum Gasteiger partial charge on any atom is 0.0699 e. The van der Waals surface area contributed by atoms with Crippen molar-refractivity contribution in [2.45, 2.75) is 113 Å². The lowest BCUT2D eigenvalue weighted by Crippen LogP contribution is -2.44. The quantitative estimate of drug-likeness (QED) is 0.288. The lowest BCUT2D eigenvalue weighted by Gasteiger charge is -2.40. The first-order valence-electron chi connectivity index (χ1n) is 12.5. The summed E-state index contributed by atoms with van der Waals surface area (Å²) >= 11 is 0. The smallest absolute Gasteiger partial charge is 0.0699 e. The van der Waals surface area contributed by atoms with Gasteiger partial charge in [0.25, 0.3) is 0 Å². The van der Waals surface area contributed by atoms with Crippen LogP contribution in [0.15, 0.2) is 47.6 Å². The summed E-state index contributed by atoms with van der Waals surface area (Å²) in [5.41, 5.74) is 4.77. The van der Waals surface area contributed by atoms with Crippen molar-refractivity contribution in [1.29, 1.82) is 0 Å². The third kappa shape index (κ3) is 6.14. The van der Waals surface area contributed by atoms with E-state index in [0.717, 1.165) is 10.3 Å². The Hall–Kier alpha value is 0.0444. The van der Waals surface area contributed by atoms with E-state index in [0.29, 0.717) is 11.1 Å². The Morgan fingerprint density at radius 3 is 0.968 bits per heavy atom. The Morgan fingerprint density at radius 2 is 0.742 bits per heavy atom. The molecule has 0 bridgehead atoms. The van der Waals surface area contributed by atoms with Crippen molar-refractivity contribution in [1.82, 2.24) is 0 Å². The molecule has 0 heterocycles. The summed E-state index contributed by atoms with van der Waals surface area (Å²) in [5, 5.41) is 1.72. The maximum atomic E-state index is 2.74. The molecule has 2 aliphatic rings. The van der Waals surface area contributed by atoms with Crippen molar-refractivity contribution in [3.8, 4) is 0 Å². The molecule has 0 aromatic rings. The molecular formula is C26H52Si5. The predicted molar refractivity (Wildman–Crippen MR) is 160 cm³/mol. The van der Waals surface area contributed by atoms with Crippen LogP contribution in [0.1, 0.15) is 0 Å². The van der Waals surface area contributed by atoms with Gasteiger partial charge in [0, 0.05) is 32.3 Å². The average molecular weight is 505 g/mol. The second-order valence-electron chi connectivity index (χ2n) is 15.3. The zero-order valence-electron chi connectivity index (χ0n) is 23.3. The molecule has 2 rings (SSSR count). The third-order valence-corrected chi connectivity index (χ3v) is 30.4. The van der Waals surface area contributed by atoms with Gasteiger partial charge in [-0.25, -0.2) is 0 Å². The summed E-state index contributed by atoms with van der Waals surface area (Å²) in [6.45, 7) is 36.3. The summed E-state index contributed by atoms with van der Waals surface area (Å²) in [7, 11) is -6.45. The van der Waals surface area contributed by atoms with Crippen LogP contribution in [0.5, 0.6) is 0 Å². The first-order valence-corrected chi connectivity index (χ1v) is 29.9. The molecule has 0 aliphatic heterocycles. The maximum absolute atomic E-state index is 2.74. The number of rotatable bonds is 8. The third-order valence-electron chi connectivity index (χ3n) is 7.59. The van der Waals surface area contributed by atoms with E-state index in [1.54, 1.807) is 11.1 Å². The second kappa shape index (κ2) is 8.68. The van der Waals surface area contributed by atoms with Crippen molar-refractivity contribution < 1.29 is 0 Å². The summed E-state index contributed by atoms with van der Waals surface area (Å²) < 4.78 is 0. The van der Waals surface area contributed by atoms with Crippen LogP contribution in [0.25, 0.3) is 0 Å². The molecule has 2 aliphatic carbocycles. The highest BCUT2D eigenvalue weighted by Gasteiger charge is 2.45. The Balaban J connectivity index is 2.36. The van der Waals surface area contributed by atoms with Gasteiger partial charge in [-0.1, -0.05) is 139 Å². The van der Waals surface area contributed by atoms with Crippen LogP contribution in [0.2, 0.25) is 113 Å². The summed E-state index contributed by atoms with van der Waals surface area (Å²) in [6.07, 6.45) is 15.8. The van der Waals surface area contributed by atoms with Crippen LogP contribution in [0.4, 0.5) is 0 Å². The largest absolute Gasteiger partial charge is 0.0800 e. The normalized spacial score (nSPS) is 23.2. The molecule has 0 fully saturated rings. The molecule has 0 saturated carbocycles. The first kappa shape index (κ1) is 27.3. The average Bonchev–Trinajstić information content (AvgIpc) is 3.11. The second-order valence-corrected chi connectivity index (χ2v) is 42.6. The number of allylic oxidation sites excluding steroid dienone is 8. The fourth-order valence-electron chi connectivity index (χ4n) is 7.20. The van der Waals surface area contributed by atoms with Crippen LogP contribution in [-0.4, -0.2) is 40.4 Å². The van der Waals surface area contributed by atoms with E-state index in [1.165, 1.54) is 0 Å². The van der Waals surface area contributed by atoms with Gasteiger partial charge in [-0.3, -0.25) is 0 Å². The lowest BCUT2D eigenvalue weighted by molar-refractivity contribution is 1.15. The highest BCUT2D eigenvalue weighted by Crippen LogP contribution is 2.50. The Labute approximate surface area is 200 Å². The van der Waals surface area contributed by atoms with Crippen LogP contribution < -0.4 is 0 Å². The zero-order valence-corrected chi connectivity index (χ0v) is 28.3. The standard InChI is InChI=1S/C26H52Si5/c1-27(2,3)25(28(4,5)6)21-15-17-23(19-21)31(13,14)24-18-16-22(20-24)26(29(7,8)9)30(10,11)12/h15-20,23-26H,1-14H3. The van der Waals surface area contributed by atoms with E-state index in [4.69, 9.17) is 0 Å². The SMILES string of the molecule is C[Si](C)(C)C(C1=CC([Si](C)(C)C2C=CC(C([Si](C)(C)C)[Si](C)(C)C)=C2)C=C1)[Si](C)(C)C. The van der Waals surface area contributed by atoms with Crippen LogP contribution in [0, 0.1) is 0 Å². The van der Waals surface area contributed by atoms with Crippen molar-refractivity contribution in [2.75, 3.05) is 0 Å². The van der Waals surface area contributed by atoms with E-state index in [2.05, 4.69) is 128 Å². The van der Waals surface area contributed by atoms with Crippen molar-refractivity contribution in [3.05, 3.63) is 47.6 Å². The van der Waals surface area contributed by atoms with E-state index in [1.807, 2.05) is 0 Å². The molecule has 2 unspecified atom stereocenters. The van der Waals surface area contributed by atoms with Gasteiger partial charge in [0.2, 0.25) is 0 Å². The monoisotopic (exact) mass is 504 g/mol. The topological polar surface area (TPSA) is 0 Å². The van der Waals surface area contributed by atoms with Gasteiger partial charge in [0.05, 0.1) is 8.07 Å². The molecule has 0 nitrogen and oxygen atoms in total. The molecule has 0 spiro atoms. The summed E-state index contributed by atoms with van der Waals surface area (Å²) in [5.74, 6) is 0. The molecule has 0 saturated heterocycles. The fraction of sp³-hybridized carbons (Fsp3) is 0.692. The predicted octanol–water partition coefficient (Wildman–Crippen LogP) is 9.60. The lowest BCUT2D eigenvalue weighted by atomic mass is 10.3. The number of hydrogen-bond acceptors (Lipinski definition) is 0. The summed E-state index contributed by atoms with van der Waals surface area (Å²) in [4.78, 5) is 0. The van der Waals surface area contributed by atoms with Gasteiger partial charge in [-0.15, -0.1) is 0 Å². The van der Waals surface area contributed by atoms with E-state index >= 15 is 0 Å². The van der Waals surface area contributed by atoms with Gasteiger partial charge in [0.15, 0.2) is 0 Å². The molecule has 0 N–H and O–H groups in total. The minimum absolute atomic E-state index is 0.681. The summed E-state index contributed by atoms with van der Waals surface area (Å²) in [6, 6.07) is 0.